The Kier molecular flexibility index (Phi) is 9.83. The summed E-state index contributed by atoms with van der Waals surface area (Å²) in [7, 11) is -3.44. The minimum atomic E-state index is -4.43. The first-order chi connectivity index (χ1) is 21.4. The molecule has 3 heterocycles. The molecule has 0 aliphatic carbocycles. The van der Waals surface area contributed by atoms with Crippen molar-refractivity contribution < 1.29 is 41.0 Å². The first-order valence-electron chi connectivity index (χ1n) is 14.8. The van der Waals surface area contributed by atoms with Gasteiger partial charge < -0.3 is 25.2 Å². The number of nitrogens with zero attached hydrogens (tertiary/aromatic N) is 2. The van der Waals surface area contributed by atoms with Gasteiger partial charge >= 0.3 is 6.18 Å². The number of pyridine rings is 1. The van der Waals surface area contributed by atoms with Gasteiger partial charge in [0, 0.05) is 19.1 Å². The molecule has 2 aliphatic heterocycles. The molecule has 2 fully saturated rings. The molecule has 3 aromatic rings. The molecule has 2 aromatic carbocycles. The van der Waals surface area contributed by atoms with E-state index in [4.69, 9.17) is 20.2 Å². The van der Waals surface area contributed by atoms with Crippen LogP contribution in [-0.2, 0) is 25.5 Å². The molecule has 2 saturated heterocycles. The van der Waals surface area contributed by atoms with Gasteiger partial charge in [0.2, 0.25) is 0 Å². The fourth-order valence-corrected chi connectivity index (χ4v) is 6.84. The summed E-state index contributed by atoms with van der Waals surface area (Å²) in [5.41, 5.74) is 6.63. The number of aliphatic hydroxyl groups is 1. The summed E-state index contributed by atoms with van der Waals surface area (Å²) in [5.74, 6) is -1.22. The van der Waals surface area contributed by atoms with E-state index >= 15 is 0 Å². The van der Waals surface area contributed by atoms with Gasteiger partial charge in [-0.25, -0.2) is 13.4 Å². The lowest BCUT2D eigenvalue weighted by Gasteiger charge is -2.28. The molecule has 45 heavy (non-hydrogen) atoms. The molecule has 3 N–H and O–H groups in total. The number of aromatic nitrogens is 1. The van der Waals surface area contributed by atoms with Crippen LogP contribution in [0.5, 0.6) is 0 Å². The van der Waals surface area contributed by atoms with Crippen molar-refractivity contribution in [2.75, 3.05) is 43.6 Å². The summed E-state index contributed by atoms with van der Waals surface area (Å²) < 4.78 is 75.8. The largest absolute Gasteiger partial charge is 0.416 e. The number of carbonyl (C=O) groups is 1. The van der Waals surface area contributed by atoms with Crippen molar-refractivity contribution in [3.8, 4) is 0 Å². The SMILES string of the molecule is CCS(=O)(=O)c1ccc([C@@H](CO)c2nc(N3CC(c4ccc(C(F)(F)F)cc4)C[C@H]3COC3CCOC3)ccc2C(N)=O)cc1. The summed E-state index contributed by atoms with van der Waals surface area (Å²) in [6, 6.07) is 14.3. The van der Waals surface area contributed by atoms with Crippen LogP contribution < -0.4 is 10.6 Å². The highest BCUT2D eigenvalue weighted by atomic mass is 32.2. The molecular formula is C32H36F3N3O6S. The van der Waals surface area contributed by atoms with E-state index in [1.54, 1.807) is 31.2 Å². The zero-order valence-electron chi connectivity index (χ0n) is 24.7. The number of hydrogen-bond acceptors (Lipinski definition) is 8. The Morgan fingerprint density at radius 2 is 1.84 bits per heavy atom. The summed E-state index contributed by atoms with van der Waals surface area (Å²) in [6.07, 6.45) is -3.14. The number of carbonyl (C=O) groups excluding carboxylic acids is 1. The Bertz CT molecular complexity index is 1590. The van der Waals surface area contributed by atoms with Crippen LogP contribution in [-0.4, -0.2) is 75.3 Å². The van der Waals surface area contributed by atoms with Crippen molar-refractivity contribution in [3.63, 3.8) is 0 Å². The number of benzene rings is 2. The summed E-state index contributed by atoms with van der Waals surface area (Å²) in [6.45, 7) is 2.97. The molecule has 9 nitrogen and oxygen atoms in total. The number of ether oxygens (including phenoxy) is 2. The monoisotopic (exact) mass is 647 g/mol. The van der Waals surface area contributed by atoms with Gasteiger partial charge in [0.1, 0.15) is 5.82 Å². The Morgan fingerprint density at radius 1 is 1.13 bits per heavy atom. The number of hydrogen-bond donors (Lipinski definition) is 2. The molecule has 2 aliphatic rings. The third kappa shape index (κ3) is 7.32. The maximum Gasteiger partial charge on any atom is 0.416 e. The number of rotatable bonds is 11. The smallest absolute Gasteiger partial charge is 0.395 e. The van der Waals surface area contributed by atoms with Crippen LogP contribution in [0.3, 0.4) is 0 Å². The van der Waals surface area contributed by atoms with Crippen molar-refractivity contribution in [1.29, 1.82) is 0 Å². The van der Waals surface area contributed by atoms with E-state index < -0.39 is 40.0 Å². The fourth-order valence-electron chi connectivity index (χ4n) is 5.95. The van der Waals surface area contributed by atoms with E-state index in [1.807, 2.05) is 4.90 Å². The fraction of sp³-hybridized carbons (Fsp3) is 0.438. The van der Waals surface area contributed by atoms with Crippen molar-refractivity contribution >= 4 is 21.6 Å². The summed E-state index contributed by atoms with van der Waals surface area (Å²) in [4.78, 5) is 19.5. The number of anilines is 1. The van der Waals surface area contributed by atoms with Crippen LogP contribution in [0.25, 0.3) is 0 Å². The van der Waals surface area contributed by atoms with Crippen LogP contribution in [0.15, 0.2) is 65.6 Å². The van der Waals surface area contributed by atoms with Crippen LogP contribution in [0.4, 0.5) is 19.0 Å². The predicted molar refractivity (Wildman–Crippen MR) is 161 cm³/mol. The average molecular weight is 648 g/mol. The number of aliphatic hydroxyl groups excluding tert-OH is 1. The van der Waals surface area contributed by atoms with E-state index in [-0.39, 0.29) is 40.0 Å². The highest BCUT2D eigenvalue weighted by molar-refractivity contribution is 7.91. The Balaban J connectivity index is 1.48. The van der Waals surface area contributed by atoms with E-state index in [9.17, 15) is 31.5 Å². The standard InChI is InChI=1S/C32H36F3N3O6S/c1-2-45(41,42)26-9-5-21(6-10-26)28(17-39)30-27(31(36)40)11-12-29(37-30)38-16-22(15-24(38)18-44-25-13-14-43-19-25)20-3-7-23(8-4-20)32(33,34)35/h3-12,22,24-25,28,39H,2,13-19H2,1H3,(H2,36,40)/t22?,24-,25?,28+/m0/s1. The van der Waals surface area contributed by atoms with Gasteiger partial charge in [-0.3, -0.25) is 4.79 Å². The van der Waals surface area contributed by atoms with Crippen molar-refractivity contribution in [2.24, 2.45) is 5.73 Å². The van der Waals surface area contributed by atoms with Gasteiger partial charge in [0.05, 0.1) is 65.4 Å². The van der Waals surface area contributed by atoms with Gasteiger partial charge in [-0.2, -0.15) is 13.2 Å². The van der Waals surface area contributed by atoms with Gasteiger partial charge in [-0.15, -0.1) is 0 Å². The molecule has 242 valence electrons. The van der Waals surface area contributed by atoms with Crippen LogP contribution >= 0.6 is 0 Å². The highest BCUT2D eigenvalue weighted by Crippen LogP contribution is 2.38. The normalized spacial score (nSPS) is 21.3. The predicted octanol–water partition coefficient (Wildman–Crippen LogP) is 4.29. The van der Waals surface area contributed by atoms with Crippen molar-refractivity contribution in [1.82, 2.24) is 4.98 Å². The molecule has 0 radical (unpaired) electrons. The Labute approximate surface area is 260 Å². The molecule has 2 unspecified atom stereocenters. The van der Waals surface area contributed by atoms with Gasteiger partial charge in [0.25, 0.3) is 5.91 Å². The molecule has 1 aromatic heterocycles. The molecule has 1 amide bonds. The van der Waals surface area contributed by atoms with Gasteiger partial charge in [-0.05, 0) is 60.4 Å². The second-order valence-electron chi connectivity index (χ2n) is 11.4. The van der Waals surface area contributed by atoms with Crippen LogP contribution in [0.1, 0.15) is 64.3 Å². The third-order valence-electron chi connectivity index (χ3n) is 8.54. The lowest BCUT2D eigenvalue weighted by molar-refractivity contribution is -0.137. The quantitative estimate of drug-likeness (QED) is 0.315. The van der Waals surface area contributed by atoms with Gasteiger partial charge in [-0.1, -0.05) is 31.2 Å². The molecule has 13 heteroatoms. The number of amides is 1. The second-order valence-corrected chi connectivity index (χ2v) is 13.6. The van der Waals surface area contributed by atoms with Crippen LogP contribution in [0, 0.1) is 0 Å². The minimum Gasteiger partial charge on any atom is -0.395 e. The number of sulfone groups is 1. The van der Waals surface area contributed by atoms with Crippen molar-refractivity contribution in [2.45, 2.75) is 54.8 Å². The zero-order valence-corrected chi connectivity index (χ0v) is 25.6. The molecule has 0 bridgehead atoms. The highest BCUT2D eigenvalue weighted by Gasteiger charge is 2.37. The van der Waals surface area contributed by atoms with Crippen LogP contribution in [0.2, 0.25) is 0 Å². The van der Waals surface area contributed by atoms with Gasteiger partial charge in [0.15, 0.2) is 9.84 Å². The molecule has 0 saturated carbocycles. The molecule has 4 atom stereocenters. The molecule has 5 rings (SSSR count). The third-order valence-corrected chi connectivity index (χ3v) is 10.3. The number of alkyl halides is 3. The Morgan fingerprint density at radius 3 is 2.42 bits per heavy atom. The van der Waals surface area contributed by atoms with E-state index in [0.29, 0.717) is 44.2 Å². The topological polar surface area (TPSA) is 132 Å². The number of halogens is 3. The summed E-state index contributed by atoms with van der Waals surface area (Å²) >= 11 is 0. The van der Waals surface area contributed by atoms with E-state index in [0.717, 1.165) is 24.1 Å². The number of nitrogens with two attached hydrogens (primary N) is 1. The Hall–Kier alpha value is -3.52. The maximum atomic E-state index is 13.2. The lowest BCUT2D eigenvalue weighted by Crippen LogP contribution is -2.36. The lowest BCUT2D eigenvalue weighted by atomic mass is 9.92. The summed E-state index contributed by atoms with van der Waals surface area (Å²) in [5, 5.41) is 10.5. The van der Waals surface area contributed by atoms with E-state index in [2.05, 4.69) is 0 Å². The first kappa shape index (κ1) is 32.9. The number of primary amides is 1. The molecule has 0 spiro atoms. The first-order valence-corrected chi connectivity index (χ1v) is 16.4. The average Bonchev–Trinajstić information content (AvgIpc) is 3.71. The maximum absolute atomic E-state index is 13.2. The van der Waals surface area contributed by atoms with E-state index in [1.165, 1.54) is 24.3 Å². The minimum absolute atomic E-state index is 0.0593. The molecular weight excluding hydrogens is 611 g/mol. The second kappa shape index (κ2) is 13.5. The van der Waals surface area contributed by atoms with Crippen molar-refractivity contribution in [3.05, 3.63) is 88.6 Å². The zero-order chi connectivity index (χ0) is 32.4.